The molecule has 0 saturated heterocycles. The first-order chi connectivity index (χ1) is 34.2. The first kappa shape index (κ1) is 37.8. The van der Waals surface area contributed by atoms with Crippen LogP contribution in [0.25, 0.3) is 149 Å². The minimum Gasteiger partial charge on any atom is -0.456 e. The van der Waals surface area contributed by atoms with Crippen molar-refractivity contribution < 1.29 is 8.83 Å². The molecule has 15 aromatic rings. The molecule has 6 nitrogen and oxygen atoms in total. The van der Waals surface area contributed by atoms with Crippen LogP contribution in [0.4, 0.5) is 0 Å². The van der Waals surface area contributed by atoms with Crippen LogP contribution in [0.15, 0.2) is 227 Å². The zero-order chi connectivity index (χ0) is 45.2. The molecule has 6 heteroatoms. The van der Waals surface area contributed by atoms with Crippen molar-refractivity contribution in [3.63, 3.8) is 0 Å². The van der Waals surface area contributed by atoms with Gasteiger partial charge in [0.1, 0.15) is 22.3 Å². The molecule has 0 saturated carbocycles. The third-order valence-electron chi connectivity index (χ3n) is 14.0. The van der Waals surface area contributed by atoms with E-state index in [1.165, 1.54) is 37.8 Å². The molecule has 0 aliphatic rings. The Kier molecular flexibility index (Phi) is 7.97. The molecule has 15 rings (SSSR count). The number of furan rings is 2. The molecule has 320 valence electrons. The molecule has 4 heterocycles. The highest BCUT2D eigenvalue weighted by Crippen LogP contribution is 2.43. The molecular formula is C63H36N4O2. The Labute approximate surface area is 394 Å². The van der Waals surface area contributed by atoms with Crippen molar-refractivity contribution in [3.8, 4) is 51.0 Å². The predicted octanol–water partition coefficient (Wildman–Crippen LogP) is 16.9. The van der Waals surface area contributed by atoms with Crippen LogP contribution in [0, 0.1) is 0 Å². The monoisotopic (exact) mass is 880 g/mol. The van der Waals surface area contributed by atoms with Crippen LogP contribution >= 0.6 is 0 Å². The van der Waals surface area contributed by atoms with Crippen molar-refractivity contribution in [1.82, 2.24) is 19.5 Å². The van der Waals surface area contributed by atoms with Crippen molar-refractivity contribution >= 4 is 98.0 Å². The van der Waals surface area contributed by atoms with E-state index in [4.69, 9.17) is 23.8 Å². The molecule has 0 spiro atoms. The van der Waals surface area contributed by atoms with Gasteiger partial charge in [0.25, 0.3) is 0 Å². The maximum absolute atomic E-state index is 6.78. The number of para-hydroxylation sites is 1. The highest BCUT2D eigenvalue weighted by Gasteiger charge is 2.22. The third-order valence-corrected chi connectivity index (χ3v) is 14.0. The summed E-state index contributed by atoms with van der Waals surface area (Å²) >= 11 is 0. The minimum atomic E-state index is 0.557. The summed E-state index contributed by atoms with van der Waals surface area (Å²) in [5.41, 5.74) is 11.5. The van der Waals surface area contributed by atoms with Gasteiger partial charge in [-0.2, -0.15) is 0 Å². The van der Waals surface area contributed by atoms with Gasteiger partial charge in [-0.15, -0.1) is 0 Å². The second-order valence-corrected chi connectivity index (χ2v) is 17.9. The molecule has 11 aromatic carbocycles. The Balaban J connectivity index is 0.975. The van der Waals surface area contributed by atoms with Crippen molar-refractivity contribution in [1.29, 1.82) is 0 Å². The Bertz CT molecular complexity index is 4600. The standard InChI is InChI=1S/C63H36N4O2/c1-2-11-37(12-3-1)38-21-23-41(24-22-38)61-64-62(44-28-31-55-52(34-44)47-17-8-9-19-54(47)68-55)66-63(65-61)49-18-10-20-56-58(49)59-50-36-45(29-25-40(50)27-32-57(59)69-56)67-53-35-43-15-5-4-14-42(43)33-51(53)48-30-26-39-13-6-7-16-46(39)60(48)67/h1-36H. The van der Waals surface area contributed by atoms with Gasteiger partial charge in [-0.3, -0.25) is 0 Å². The highest BCUT2D eigenvalue weighted by atomic mass is 16.3. The van der Waals surface area contributed by atoms with Crippen molar-refractivity contribution in [2.45, 2.75) is 0 Å². The second kappa shape index (κ2) is 14.6. The summed E-state index contributed by atoms with van der Waals surface area (Å²) in [6, 6.07) is 77.0. The lowest BCUT2D eigenvalue weighted by atomic mass is 9.99. The van der Waals surface area contributed by atoms with Gasteiger partial charge < -0.3 is 13.4 Å². The van der Waals surface area contributed by atoms with Crippen molar-refractivity contribution in [3.05, 3.63) is 218 Å². The largest absolute Gasteiger partial charge is 0.456 e. The summed E-state index contributed by atoms with van der Waals surface area (Å²) < 4.78 is 15.5. The van der Waals surface area contributed by atoms with E-state index in [2.05, 4.69) is 174 Å². The molecular weight excluding hydrogens is 845 g/mol. The molecule has 0 unspecified atom stereocenters. The van der Waals surface area contributed by atoms with Crippen LogP contribution in [-0.4, -0.2) is 19.5 Å². The molecule has 0 amide bonds. The number of hydrogen-bond donors (Lipinski definition) is 0. The summed E-state index contributed by atoms with van der Waals surface area (Å²) in [7, 11) is 0. The molecule has 0 aliphatic heterocycles. The fourth-order valence-corrected chi connectivity index (χ4v) is 10.7. The molecule has 0 radical (unpaired) electrons. The number of benzene rings is 11. The highest BCUT2D eigenvalue weighted by molar-refractivity contribution is 6.24. The molecule has 0 atom stereocenters. The summed E-state index contributed by atoms with van der Waals surface area (Å²) in [5.74, 6) is 1.70. The van der Waals surface area contributed by atoms with Gasteiger partial charge in [-0.25, -0.2) is 15.0 Å². The fourth-order valence-electron chi connectivity index (χ4n) is 10.7. The summed E-state index contributed by atoms with van der Waals surface area (Å²) in [4.78, 5) is 15.9. The van der Waals surface area contributed by atoms with Gasteiger partial charge in [-0.1, -0.05) is 158 Å². The van der Waals surface area contributed by atoms with E-state index in [-0.39, 0.29) is 0 Å². The van der Waals surface area contributed by atoms with E-state index in [1.807, 2.05) is 48.5 Å². The molecule has 69 heavy (non-hydrogen) atoms. The van der Waals surface area contributed by atoms with Crippen LogP contribution in [0.3, 0.4) is 0 Å². The topological polar surface area (TPSA) is 69.9 Å². The first-order valence-corrected chi connectivity index (χ1v) is 23.2. The van der Waals surface area contributed by atoms with E-state index in [0.717, 1.165) is 93.7 Å². The lowest BCUT2D eigenvalue weighted by Gasteiger charge is -2.12. The Morgan fingerprint density at radius 1 is 0.304 bits per heavy atom. The number of aromatic nitrogens is 4. The maximum atomic E-state index is 6.78. The van der Waals surface area contributed by atoms with Gasteiger partial charge >= 0.3 is 0 Å². The number of fused-ring (bicyclic) bond motifs is 14. The summed E-state index contributed by atoms with van der Waals surface area (Å²) in [6.07, 6.45) is 0. The van der Waals surface area contributed by atoms with Crippen LogP contribution in [-0.2, 0) is 0 Å². The maximum Gasteiger partial charge on any atom is 0.164 e. The molecule has 4 aromatic heterocycles. The van der Waals surface area contributed by atoms with Crippen LogP contribution in [0.5, 0.6) is 0 Å². The fraction of sp³-hybridized carbons (Fsp3) is 0. The van der Waals surface area contributed by atoms with E-state index in [0.29, 0.717) is 17.5 Å². The van der Waals surface area contributed by atoms with Crippen LogP contribution < -0.4 is 0 Å². The zero-order valence-corrected chi connectivity index (χ0v) is 36.9. The summed E-state index contributed by atoms with van der Waals surface area (Å²) in [5, 5.41) is 13.5. The number of rotatable bonds is 5. The lowest BCUT2D eigenvalue weighted by Crippen LogP contribution is -2.00. The summed E-state index contributed by atoms with van der Waals surface area (Å²) in [6.45, 7) is 0. The molecule has 0 bridgehead atoms. The predicted molar refractivity (Wildman–Crippen MR) is 283 cm³/mol. The normalized spacial score (nSPS) is 12.1. The first-order valence-electron chi connectivity index (χ1n) is 23.2. The van der Waals surface area contributed by atoms with Gasteiger partial charge in [0.05, 0.1) is 11.0 Å². The Morgan fingerprint density at radius 2 is 0.899 bits per heavy atom. The van der Waals surface area contributed by atoms with Crippen LogP contribution in [0.2, 0.25) is 0 Å². The van der Waals surface area contributed by atoms with Gasteiger partial charge in [0, 0.05) is 60.1 Å². The van der Waals surface area contributed by atoms with E-state index < -0.39 is 0 Å². The zero-order valence-electron chi connectivity index (χ0n) is 36.9. The van der Waals surface area contributed by atoms with Gasteiger partial charge in [0.2, 0.25) is 0 Å². The molecule has 0 fully saturated rings. The Hall–Kier alpha value is -9.39. The van der Waals surface area contributed by atoms with E-state index >= 15 is 0 Å². The Morgan fingerprint density at radius 3 is 1.77 bits per heavy atom. The second-order valence-electron chi connectivity index (χ2n) is 17.9. The van der Waals surface area contributed by atoms with Gasteiger partial charge in [0.15, 0.2) is 17.5 Å². The smallest absolute Gasteiger partial charge is 0.164 e. The average Bonchev–Trinajstić information content (AvgIpc) is 4.10. The van der Waals surface area contributed by atoms with E-state index in [9.17, 15) is 0 Å². The van der Waals surface area contributed by atoms with Gasteiger partial charge in [-0.05, 0) is 98.7 Å². The number of hydrogen-bond acceptors (Lipinski definition) is 5. The minimum absolute atomic E-state index is 0.557. The molecule has 0 aliphatic carbocycles. The third kappa shape index (κ3) is 5.82. The quantitative estimate of drug-likeness (QED) is 0.172. The van der Waals surface area contributed by atoms with Crippen molar-refractivity contribution in [2.24, 2.45) is 0 Å². The van der Waals surface area contributed by atoms with E-state index in [1.54, 1.807) is 0 Å². The average molecular weight is 881 g/mol. The van der Waals surface area contributed by atoms with Crippen molar-refractivity contribution in [2.75, 3.05) is 0 Å². The van der Waals surface area contributed by atoms with Crippen LogP contribution in [0.1, 0.15) is 0 Å². The molecule has 0 N–H and O–H groups in total. The lowest BCUT2D eigenvalue weighted by molar-refractivity contribution is 0.668. The number of nitrogens with zero attached hydrogens (tertiary/aromatic N) is 4. The SMILES string of the molecule is c1ccc(-c2ccc(-c3nc(-c4ccc5oc6ccccc6c5c4)nc(-c4cccc5oc6ccc7ccc(-n8c9cc%10ccccc%10cc9c9ccc%10ccccc%10c98)cc7c6c45)n3)cc2)cc1.